The van der Waals surface area contributed by atoms with E-state index in [0.717, 1.165) is 0 Å². The van der Waals surface area contributed by atoms with E-state index in [2.05, 4.69) is 55.4 Å². The zero-order valence-corrected chi connectivity index (χ0v) is 24.3. The molecule has 0 aromatic rings. The van der Waals surface area contributed by atoms with Gasteiger partial charge in [-0.15, -0.1) is 0 Å². The number of amides is 2. The maximum Gasteiger partial charge on any atom is 0.240 e. The Morgan fingerprint density at radius 3 is 2.03 bits per heavy atom. The fourth-order valence-electron chi connectivity index (χ4n) is 7.57. The van der Waals surface area contributed by atoms with Gasteiger partial charge in [0.25, 0.3) is 0 Å². The van der Waals surface area contributed by atoms with Gasteiger partial charge in [0.1, 0.15) is 5.78 Å². The summed E-state index contributed by atoms with van der Waals surface area (Å²) < 4.78 is 6.95. The average molecular weight is 490 g/mol. The van der Waals surface area contributed by atoms with E-state index in [9.17, 15) is 14.4 Å². The lowest BCUT2D eigenvalue weighted by molar-refractivity contribution is -0.160. The molecule has 3 aliphatic rings. The maximum atomic E-state index is 14.3. The van der Waals surface area contributed by atoms with Crippen molar-refractivity contribution < 1.29 is 18.8 Å². The highest BCUT2D eigenvalue weighted by atomic mass is 28.4. The Kier molecular flexibility index (Phi) is 6.98. The topological polar surface area (TPSA) is 63.7 Å². The van der Waals surface area contributed by atoms with Gasteiger partial charge in [-0.05, 0) is 30.0 Å². The first-order valence-electron chi connectivity index (χ1n) is 13.2. The van der Waals surface area contributed by atoms with Gasteiger partial charge in [0.05, 0.1) is 16.9 Å². The smallest absolute Gasteiger partial charge is 0.240 e. The molecule has 1 heterocycles. The third-order valence-corrected chi connectivity index (χ3v) is 16.5. The number of ketones is 1. The van der Waals surface area contributed by atoms with Crippen molar-refractivity contribution in [3.8, 4) is 0 Å². The van der Waals surface area contributed by atoms with Gasteiger partial charge in [-0.25, -0.2) is 0 Å². The molecule has 2 amide bonds. The number of likely N-dealkylation sites (tertiary alicyclic amines) is 1. The fraction of sp³-hybridized carbons (Fsp3) is 0.821. The molecular formula is C28H47NO4Si. The molecule has 0 spiro atoms. The third-order valence-electron chi connectivity index (χ3n) is 10.4. The molecule has 0 aromatic heterocycles. The molecule has 2 bridgehead atoms. The highest BCUT2D eigenvalue weighted by Gasteiger charge is 2.66. The highest BCUT2D eigenvalue weighted by Crippen LogP contribution is 2.58. The summed E-state index contributed by atoms with van der Waals surface area (Å²) in [5.74, 6) is -0.532. The molecule has 2 fully saturated rings. The van der Waals surface area contributed by atoms with Gasteiger partial charge in [0, 0.05) is 30.3 Å². The van der Waals surface area contributed by atoms with Gasteiger partial charge in [0.2, 0.25) is 11.8 Å². The number of fused-ring (bicyclic) bond motifs is 2. The first-order chi connectivity index (χ1) is 15.5. The van der Waals surface area contributed by atoms with Crippen molar-refractivity contribution in [1.82, 2.24) is 4.90 Å². The number of carbonyl (C=O) groups is 3. The second-order valence-electron chi connectivity index (χ2n) is 13.1. The minimum absolute atomic E-state index is 0.101. The minimum Gasteiger partial charge on any atom is -0.416 e. The minimum atomic E-state index is -2.17. The van der Waals surface area contributed by atoms with Gasteiger partial charge < -0.3 is 4.43 Å². The number of hydrogen-bond donors (Lipinski definition) is 0. The van der Waals surface area contributed by atoms with Gasteiger partial charge in [-0.2, -0.15) is 0 Å². The van der Waals surface area contributed by atoms with Crippen LogP contribution in [0.15, 0.2) is 12.2 Å². The van der Waals surface area contributed by atoms with Gasteiger partial charge in [-0.3, -0.25) is 19.3 Å². The first kappa shape index (κ1) is 27.3. The number of imide groups is 1. The van der Waals surface area contributed by atoms with Crippen LogP contribution in [-0.2, 0) is 18.8 Å². The monoisotopic (exact) mass is 489 g/mol. The van der Waals surface area contributed by atoms with Crippen LogP contribution >= 0.6 is 0 Å². The van der Waals surface area contributed by atoms with Crippen LogP contribution in [0.3, 0.4) is 0 Å². The quantitative estimate of drug-likeness (QED) is 0.245. The molecule has 0 radical (unpaired) electrons. The molecule has 2 aliphatic carbocycles. The number of carbonyl (C=O) groups excluding carboxylic acids is 3. The molecule has 6 heteroatoms. The van der Waals surface area contributed by atoms with Crippen molar-refractivity contribution in [2.75, 3.05) is 6.61 Å². The standard InChI is InChI=1S/C28H47NO4Si/c1-17(2)34(18(3)4,19(5)6)33-16-21-20(7)22(30)12-14-27(21,10)24(31)29-23-13-15-28(11,25(29)32)26(23,8)9/h13,15,17-21,23H,12,14,16H2,1-11H3/t20-,21-,23-,27-,28-/m0/s1. The molecule has 0 aromatic carbocycles. The van der Waals surface area contributed by atoms with Crippen LogP contribution < -0.4 is 0 Å². The summed E-state index contributed by atoms with van der Waals surface area (Å²) in [5.41, 5.74) is -0.546. The molecule has 5 nitrogen and oxygen atoms in total. The molecule has 1 saturated heterocycles. The summed E-state index contributed by atoms with van der Waals surface area (Å²) in [7, 11) is -2.17. The molecule has 1 aliphatic heterocycles. The van der Waals surface area contributed by atoms with E-state index in [-0.39, 0.29) is 40.9 Å². The Morgan fingerprint density at radius 2 is 1.59 bits per heavy atom. The maximum absolute atomic E-state index is 14.3. The highest BCUT2D eigenvalue weighted by molar-refractivity contribution is 6.77. The van der Waals surface area contributed by atoms with Crippen LogP contribution in [0.2, 0.25) is 16.6 Å². The summed E-state index contributed by atoms with van der Waals surface area (Å²) in [6.45, 7) is 23.9. The molecule has 34 heavy (non-hydrogen) atoms. The summed E-state index contributed by atoms with van der Waals surface area (Å²) >= 11 is 0. The first-order valence-corrected chi connectivity index (χ1v) is 15.4. The number of rotatable bonds is 7. The second kappa shape index (κ2) is 8.69. The van der Waals surface area contributed by atoms with Gasteiger partial charge in [-0.1, -0.05) is 81.4 Å². The van der Waals surface area contributed by atoms with Crippen LogP contribution in [0.5, 0.6) is 0 Å². The zero-order valence-electron chi connectivity index (χ0n) is 23.3. The summed E-state index contributed by atoms with van der Waals surface area (Å²) in [6, 6.07) is -0.237. The van der Waals surface area contributed by atoms with E-state index in [1.807, 2.05) is 32.9 Å². The van der Waals surface area contributed by atoms with Crippen LogP contribution in [0.4, 0.5) is 0 Å². The zero-order chi connectivity index (χ0) is 26.0. The summed E-state index contributed by atoms with van der Waals surface area (Å²) in [6.07, 6.45) is 4.86. The number of Topliss-reactive ketones (excluding diaryl/α,β-unsaturated/α-hetero) is 1. The molecule has 1 saturated carbocycles. The van der Waals surface area contributed by atoms with Crippen molar-refractivity contribution in [3.05, 3.63) is 12.2 Å². The van der Waals surface area contributed by atoms with Gasteiger partial charge >= 0.3 is 0 Å². The SMILES string of the molecule is CC(C)[Si](OC[C@H]1[C@H](C)C(=O)CC[C@]1(C)C(=O)N1C(=O)[C@]2(C)C=C[C@H]1C2(C)C)(C(C)C)C(C)C. The molecular weight excluding hydrogens is 442 g/mol. The van der Waals surface area contributed by atoms with Crippen LogP contribution in [0.25, 0.3) is 0 Å². The number of hydrogen-bond acceptors (Lipinski definition) is 4. The Balaban J connectivity index is 1.98. The molecule has 0 N–H and O–H groups in total. The van der Waals surface area contributed by atoms with E-state index in [0.29, 0.717) is 36.1 Å². The van der Waals surface area contributed by atoms with Crippen LogP contribution in [0.1, 0.15) is 89.0 Å². The van der Waals surface area contributed by atoms with Crippen LogP contribution in [0, 0.1) is 28.1 Å². The van der Waals surface area contributed by atoms with E-state index < -0.39 is 19.1 Å². The molecule has 3 rings (SSSR count). The van der Waals surface area contributed by atoms with E-state index >= 15 is 0 Å². The van der Waals surface area contributed by atoms with Crippen LogP contribution in [-0.4, -0.2) is 43.5 Å². The van der Waals surface area contributed by atoms with Crippen molar-refractivity contribution in [2.24, 2.45) is 28.1 Å². The van der Waals surface area contributed by atoms with E-state index in [1.165, 1.54) is 4.90 Å². The van der Waals surface area contributed by atoms with Crippen molar-refractivity contribution in [1.29, 1.82) is 0 Å². The molecule has 0 unspecified atom stereocenters. The Morgan fingerprint density at radius 1 is 1.06 bits per heavy atom. The predicted octanol–water partition coefficient (Wildman–Crippen LogP) is 6.14. The largest absolute Gasteiger partial charge is 0.416 e. The second-order valence-corrected chi connectivity index (χ2v) is 18.6. The van der Waals surface area contributed by atoms with Crippen molar-refractivity contribution >= 4 is 25.9 Å². The molecule has 192 valence electrons. The summed E-state index contributed by atoms with van der Waals surface area (Å²) in [4.78, 5) is 42.2. The lowest BCUT2D eigenvalue weighted by Gasteiger charge is -2.48. The predicted molar refractivity (Wildman–Crippen MR) is 139 cm³/mol. The fourth-order valence-corrected chi connectivity index (χ4v) is 13.0. The lowest BCUT2D eigenvalue weighted by Crippen LogP contribution is -2.57. The van der Waals surface area contributed by atoms with Gasteiger partial charge in [0.15, 0.2) is 8.32 Å². The Labute approximate surface area is 208 Å². The van der Waals surface area contributed by atoms with Crippen molar-refractivity contribution in [2.45, 2.75) is 112 Å². The number of nitrogens with zero attached hydrogens (tertiary/aromatic N) is 1. The van der Waals surface area contributed by atoms with E-state index in [1.54, 1.807) is 0 Å². The lowest BCUT2D eigenvalue weighted by atomic mass is 9.62. The van der Waals surface area contributed by atoms with E-state index in [4.69, 9.17) is 4.43 Å². The van der Waals surface area contributed by atoms with Crippen molar-refractivity contribution in [3.63, 3.8) is 0 Å². The Bertz CT molecular complexity index is 869. The molecule has 5 atom stereocenters. The average Bonchev–Trinajstić information content (AvgIpc) is 3.04. The third kappa shape index (κ3) is 3.53. The normalized spacial score (nSPS) is 35.4. The summed E-state index contributed by atoms with van der Waals surface area (Å²) in [5, 5.41) is 0. The Hall–Kier alpha value is -1.27.